The summed E-state index contributed by atoms with van der Waals surface area (Å²) in [5.41, 5.74) is 4.89. The first kappa shape index (κ1) is 33.5. The molecule has 0 radical (unpaired) electrons. The average molecular weight is 663 g/mol. The highest BCUT2D eigenvalue weighted by atomic mass is 32.7. The Balaban J connectivity index is 1.43. The maximum atomic E-state index is 12.8. The minimum Gasteiger partial charge on any atom is -0.394 e. The Bertz CT molecular complexity index is 1360. The van der Waals surface area contributed by atoms with Crippen molar-refractivity contribution in [1.82, 2.24) is 19.5 Å². The van der Waals surface area contributed by atoms with Crippen LogP contribution in [0.4, 0.5) is 5.82 Å². The van der Waals surface area contributed by atoms with E-state index in [1.807, 2.05) is 0 Å². The van der Waals surface area contributed by atoms with Crippen molar-refractivity contribution in [2.45, 2.75) is 67.8 Å². The van der Waals surface area contributed by atoms with E-state index in [0.29, 0.717) is 0 Å². The molecule has 12 atom stereocenters. The van der Waals surface area contributed by atoms with Gasteiger partial charge in [-0.15, -0.1) is 0 Å². The lowest BCUT2D eigenvalue weighted by Crippen LogP contribution is -2.61. The summed E-state index contributed by atoms with van der Waals surface area (Å²) in [6.07, 6.45) is -13.1. The molecule has 2 aliphatic heterocycles. The fourth-order valence-corrected chi connectivity index (χ4v) is 7.67. The van der Waals surface area contributed by atoms with E-state index in [2.05, 4.69) is 36.0 Å². The number of imidazole rings is 1. The van der Waals surface area contributed by atoms with E-state index < -0.39 is 88.7 Å². The number of phosphoric ester groups is 1. The van der Waals surface area contributed by atoms with Crippen molar-refractivity contribution < 1.29 is 72.2 Å². The highest BCUT2D eigenvalue weighted by molar-refractivity contribution is 8.45. The number of methoxy groups -OCH3 is 1. The molecule has 9 N–H and O–H groups in total. The number of thiol groups is 1. The molecule has 42 heavy (non-hydrogen) atoms. The molecule has 2 aliphatic rings. The zero-order valence-electron chi connectivity index (χ0n) is 21.9. The Hall–Kier alpha value is -1.36. The van der Waals surface area contributed by atoms with Gasteiger partial charge in [0.25, 0.3) is 0 Å². The van der Waals surface area contributed by atoms with Gasteiger partial charge < -0.3 is 55.5 Å². The number of rotatable bonds is 11. The van der Waals surface area contributed by atoms with E-state index in [0.717, 1.165) is 0 Å². The van der Waals surface area contributed by atoms with E-state index in [1.165, 1.54) is 31.3 Å². The molecule has 2 aromatic heterocycles. The van der Waals surface area contributed by atoms with Crippen LogP contribution in [0.1, 0.15) is 13.2 Å². The first-order valence-corrected chi connectivity index (χ1v) is 16.2. The molecule has 7 unspecified atom stereocenters. The SMILES string of the molecule is CO[C@]1(C)[C@H](O)[C@@H](COP(=O)(S)OP(=O)(O)OC2OC([C@@H](O)CO)C(O)C(O)C2O)O[C@H]1n1cnc2c(N)ncnc21. The number of aromatic nitrogens is 4. The van der Waals surface area contributed by atoms with Crippen LogP contribution < -0.4 is 5.73 Å². The topological polar surface area (TPSA) is 301 Å². The normalized spacial score (nSPS) is 37.4. The fraction of sp³-hybridized carbons (Fsp3) is 0.737. The molecule has 0 spiro atoms. The van der Waals surface area contributed by atoms with Gasteiger partial charge in [0.1, 0.15) is 60.2 Å². The average Bonchev–Trinajstić information content (AvgIpc) is 3.46. The van der Waals surface area contributed by atoms with Crippen LogP contribution >= 0.6 is 26.9 Å². The van der Waals surface area contributed by atoms with Crippen LogP contribution in [0.3, 0.4) is 0 Å². The second-order valence-electron chi connectivity index (χ2n) is 9.55. The van der Waals surface area contributed by atoms with Crippen molar-refractivity contribution in [2.75, 3.05) is 26.1 Å². The molecule has 0 amide bonds. The Labute approximate surface area is 242 Å². The predicted octanol–water partition coefficient (Wildman–Crippen LogP) is -2.58. The second kappa shape index (κ2) is 12.6. The summed E-state index contributed by atoms with van der Waals surface area (Å²) in [6, 6.07) is 0. The zero-order chi connectivity index (χ0) is 31.2. The van der Waals surface area contributed by atoms with Gasteiger partial charge >= 0.3 is 14.6 Å². The van der Waals surface area contributed by atoms with Gasteiger partial charge in [0.05, 0.1) is 19.5 Å². The molecule has 20 nitrogen and oxygen atoms in total. The van der Waals surface area contributed by atoms with Crippen molar-refractivity contribution in [3.8, 4) is 0 Å². The number of aliphatic hydroxyl groups excluding tert-OH is 6. The molecule has 0 aromatic carbocycles. The minimum atomic E-state index is -5.48. The molecular formula is C19H31N5O15P2S. The van der Waals surface area contributed by atoms with Gasteiger partial charge in [0, 0.05) is 7.11 Å². The van der Waals surface area contributed by atoms with Crippen molar-refractivity contribution in [2.24, 2.45) is 0 Å². The summed E-state index contributed by atoms with van der Waals surface area (Å²) in [6.45, 7) is -4.95. The summed E-state index contributed by atoms with van der Waals surface area (Å²) in [7, 11) is -4.17. The molecule has 23 heteroatoms. The van der Waals surface area contributed by atoms with Gasteiger partial charge in [-0.05, 0) is 6.92 Å². The summed E-state index contributed by atoms with van der Waals surface area (Å²) in [5, 5.41) is 59.9. The van der Waals surface area contributed by atoms with Crippen molar-refractivity contribution in [1.29, 1.82) is 0 Å². The molecule has 0 aliphatic carbocycles. The fourth-order valence-electron chi connectivity index (χ4n) is 4.48. The molecule has 0 saturated carbocycles. The smallest absolute Gasteiger partial charge is 0.394 e. The first-order chi connectivity index (χ1) is 19.5. The number of hydrogen-bond acceptors (Lipinski definition) is 18. The second-order valence-corrected chi connectivity index (χ2v) is 14.0. The first-order valence-electron chi connectivity index (χ1n) is 12.1. The molecule has 4 heterocycles. The van der Waals surface area contributed by atoms with Gasteiger partial charge in [-0.2, -0.15) is 4.31 Å². The lowest BCUT2D eigenvalue weighted by atomic mass is 9.96. The largest absolute Gasteiger partial charge is 0.482 e. The molecular weight excluding hydrogens is 632 g/mol. The van der Waals surface area contributed by atoms with Crippen molar-refractivity contribution in [3.63, 3.8) is 0 Å². The van der Waals surface area contributed by atoms with Gasteiger partial charge in [0.15, 0.2) is 24.0 Å². The predicted molar refractivity (Wildman–Crippen MR) is 139 cm³/mol. The van der Waals surface area contributed by atoms with Crippen LogP contribution in [0.25, 0.3) is 11.2 Å². The summed E-state index contributed by atoms with van der Waals surface area (Å²) in [4.78, 5) is 22.3. The van der Waals surface area contributed by atoms with E-state index in [4.69, 9.17) is 29.6 Å². The van der Waals surface area contributed by atoms with Crippen LogP contribution in [-0.2, 0) is 36.7 Å². The van der Waals surface area contributed by atoms with Crippen molar-refractivity contribution >= 4 is 43.9 Å². The van der Waals surface area contributed by atoms with Gasteiger partial charge in [-0.3, -0.25) is 13.6 Å². The number of hydrogen-bond donors (Lipinski definition) is 9. The number of ether oxygens (including phenoxy) is 3. The highest BCUT2D eigenvalue weighted by Gasteiger charge is 2.56. The monoisotopic (exact) mass is 663 g/mol. The molecule has 2 fully saturated rings. The van der Waals surface area contributed by atoms with Gasteiger partial charge in [-0.1, -0.05) is 12.2 Å². The molecule has 238 valence electrons. The molecule has 0 bridgehead atoms. The van der Waals surface area contributed by atoms with Crippen LogP contribution in [0.5, 0.6) is 0 Å². The number of phosphoric acid groups is 1. The third-order valence-corrected chi connectivity index (χ3v) is 10.4. The van der Waals surface area contributed by atoms with Crippen LogP contribution in [-0.4, -0.2) is 130 Å². The Morgan fingerprint density at radius 3 is 2.50 bits per heavy atom. The summed E-state index contributed by atoms with van der Waals surface area (Å²) >= 11 is 3.65. The number of nitrogen functional groups attached to an aromatic ring is 1. The molecule has 2 aromatic rings. The zero-order valence-corrected chi connectivity index (χ0v) is 24.6. The standard InChI is InChI=1S/C19H31N5O15P2S/c1-19(34-2)14(30)8(36-18(19)24-6-23-9-15(20)21-5-22-16(9)24)4-35-41(33,42)39-40(31,32)38-17-12(29)10(27)11(28)13(37-17)7(26)3-25/h5-8,10-14,17-18,25-30H,3-4H2,1-2H3,(H,31,32)(H,33,42)(H2,20,21,22)/t7-,8+,10?,11?,12?,13?,14+,17?,18+,19+,41?/m0/s1. The Morgan fingerprint density at radius 2 is 1.86 bits per heavy atom. The van der Waals surface area contributed by atoms with E-state index in [-0.39, 0.29) is 17.0 Å². The lowest BCUT2D eigenvalue weighted by molar-refractivity contribution is -0.292. The van der Waals surface area contributed by atoms with E-state index in [1.54, 1.807) is 0 Å². The highest BCUT2D eigenvalue weighted by Crippen LogP contribution is 2.66. The maximum absolute atomic E-state index is 12.8. The summed E-state index contributed by atoms with van der Waals surface area (Å²) in [5.74, 6) is 0.0945. The van der Waals surface area contributed by atoms with Crippen LogP contribution in [0.15, 0.2) is 12.7 Å². The summed E-state index contributed by atoms with van der Waals surface area (Å²) < 4.78 is 57.5. The number of anilines is 1. The third kappa shape index (κ3) is 6.52. The third-order valence-electron chi connectivity index (χ3n) is 6.83. The molecule has 2 saturated heterocycles. The number of fused-ring (bicyclic) bond motifs is 1. The lowest BCUT2D eigenvalue weighted by Gasteiger charge is -2.41. The number of nitrogens with zero attached hydrogens (tertiary/aromatic N) is 4. The Morgan fingerprint density at radius 1 is 1.17 bits per heavy atom. The van der Waals surface area contributed by atoms with Gasteiger partial charge in [0.2, 0.25) is 0 Å². The van der Waals surface area contributed by atoms with Crippen LogP contribution in [0.2, 0.25) is 0 Å². The quantitative estimate of drug-likeness (QED) is 0.0880. The van der Waals surface area contributed by atoms with Crippen LogP contribution in [0, 0.1) is 0 Å². The molecule has 4 rings (SSSR count). The Kier molecular flexibility index (Phi) is 10.0. The number of aliphatic hydroxyl groups is 6. The van der Waals surface area contributed by atoms with Crippen molar-refractivity contribution in [3.05, 3.63) is 12.7 Å². The van der Waals surface area contributed by atoms with E-state index in [9.17, 15) is 39.6 Å². The maximum Gasteiger partial charge on any atom is 0.482 e. The number of nitrogens with two attached hydrogens (primary N) is 1. The van der Waals surface area contributed by atoms with Gasteiger partial charge in [-0.25, -0.2) is 24.1 Å². The minimum absolute atomic E-state index is 0.0945. The van der Waals surface area contributed by atoms with E-state index >= 15 is 0 Å².